The van der Waals surface area contributed by atoms with E-state index in [1.54, 1.807) is 43.3 Å². The molecule has 2 aliphatic rings. The van der Waals surface area contributed by atoms with E-state index in [0.717, 1.165) is 19.3 Å². The molecule has 2 amide bonds. The summed E-state index contributed by atoms with van der Waals surface area (Å²) in [6.45, 7) is 1.80. The maximum absolute atomic E-state index is 14.0. The second-order valence-electron chi connectivity index (χ2n) is 10.9. The van der Waals surface area contributed by atoms with Crippen LogP contribution >= 0.6 is 11.3 Å². The van der Waals surface area contributed by atoms with Crippen LogP contribution in [0.5, 0.6) is 11.5 Å². The van der Waals surface area contributed by atoms with Crippen molar-refractivity contribution in [3.05, 3.63) is 88.3 Å². The molecule has 0 bridgehead atoms. The number of hydrogen-bond acceptors (Lipinski definition) is 8. The summed E-state index contributed by atoms with van der Waals surface area (Å²) in [5, 5.41) is 6.74. The summed E-state index contributed by atoms with van der Waals surface area (Å²) in [5.74, 6) is 0.476. The average molecular weight is 584 g/mol. The van der Waals surface area contributed by atoms with Crippen LogP contribution in [-0.2, 0) is 15.1 Å². The van der Waals surface area contributed by atoms with Crippen molar-refractivity contribution in [3.63, 3.8) is 0 Å². The number of nitrogen functional groups attached to an aromatic ring is 1. The van der Waals surface area contributed by atoms with Gasteiger partial charge in [-0.1, -0.05) is 43.3 Å². The first-order chi connectivity index (χ1) is 20.2. The number of anilines is 1. The van der Waals surface area contributed by atoms with Crippen LogP contribution in [0, 0.1) is 0 Å². The third-order valence-corrected chi connectivity index (χ3v) is 9.56. The van der Waals surface area contributed by atoms with Gasteiger partial charge < -0.3 is 32.6 Å². The van der Waals surface area contributed by atoms with Gasteiger partial charge in [0.15, 0.2) is 5.78 Å². The molecule has 42 heavy (non-hydrogen) atoms. The highest BCUT2D eigenvalue weighted by molar-refractivity contribution is 7.21. The minimum atomic E-state index is -1.56. The average Bonchev–Trinajstić information content (AvgIpc) is 3.61. The number of hydrogen-bond donors (Lipinski definition) is 5. The Labute approximate surface area is 247 Å². The van der Waals surface area contributed by atoms with E-state index in [-0.39, 0.29) is 23.9 Å². The molecule has 1 saturated carbocycles. The summed E-state index contributed by atoms with van der Waals surface area (Å²) in [6, 6.07) is 18.4. The number of carbonyl (C=O) groups excluding carboxylic acids is 3. The highest BCUT2D eigenvalue weighted by Gasteiger charge is 2.49. The largest absolute Gasteiger partial charge is 0.457 e. The summed E-state index contributed by atoms with van der Waals surface area (Å²) in [7, 11) is 0. The quantitative estimate of drug-likeness (QED) is 0.203. The molecule has 1 aromatic heterocycles. The Morgan fingerprint density at radius 1 is 0.976 bits per heavy atom. The van der Waals surface area contributed by atoms with E-state index in [4.69, 9.17) is 21.9 Å². The van der Waals surface area contributed by atoms with Crippen LogP contribution in [0.1, 0.15) is 65.0 Å². The number of para-hydroxylation sites is 1. The van der Waals surface area contributed by atoms with Gasteiger partial charge in [0.2, 0.25) is 5.91 Å². The number of rotatable bonds is 7. The number of nitrogens with one attached hydrogen (secondary N) is 2. The Kier molecular flexibility index (Phi) is 7.22. The molecule has 10 heteroatoms. The van der Waals surface area contributed by atoms with Crippen molar-refractivity contribution < 1.29 is 19.1 Å². The SMILES string of the molecule is CCC(=O)N[C@H]1CCC[C@H]1NC(=O)c1sc2c(N)ccc3c2c1C(N)C(=O)C3(N)c1ccc(Oc2ccccc2)cc1. The molecule has 2 aliphatic carbocycles. The molecule has 6 rings (SSSR count). The van der Waals surface area contributed by atoms with Crippen molar-refractivity contribution in [2.45, 2.75) is 56.3 Å². The van der Waals surface area contributed by atoms with Gasteiger partial charge in [0.05, 0.1) is 15.6 Å². The van der Waals surface area contributed by atoms with Gasteiger partial charge in [0, 0.05) is 35.1 Å². The first-order valence-electron chi connectivity index (χ1n) is 14.1. The molecule has 216 valence electrons. The Balaban J connectivity index is 1.37. The lowest BCUT2D eigenvalue weighted by atomic mass is 9.70. The van der Waals surface area contributed by atoms with Crippen molar-refractivity contribution in [3.8, 4) is 11.5 Å². The van der Waals surface area contributed by atoms with Crippen molar-refractivity contribution in [2.75, 3.05) is 5.73 Å². The number of Topliss-reactive ketones (excluding diaryl/α,β-unsaturated/α-hetero) is 1. The van der Waals surface area contributed by atoms with E-state index < -0.39 is 17.4 Å². The standard InChI is InChI=1S/C32H33N5O4S/c1-2-24(38)36-22-9-6-10-23(22)37-31(40)29-26-25-20(15-16-21(33)28(25)42-29)32(35,30(39)27(26)34)17-11-13-19(14-12-17)41-18-7-4-3-5-8-18/h3-5,7-8,11-16,22-23,27H,2,6,9-10,33-35H2,1H3,(H,36,38)(H,37,40)/t22-,23+,27?,32?/m0/s1. The molecule has 8 N–H and O–H groups in total. The second-order valence-corrected chi connectivity index (χ2v) is 11.9. The predicted octanol–water partition coefficient (Wildman–Crippen LogP) is 4.24. The highest BCUT2D eigenvalue weighted by Crippen LogP contribution is 2.49. The minimum absolute atomic E-state index is 0.0536. The molecule has 9 nitrogen and oxygen atoms in total. The zero-order chi connectivity index (χ0) is 29.6. The lowest BCUT2D eigenvalue weighted by Crippen LogP contribution is -2.52. The number of ketones is 1. The van der Waals surface area contributed by atoms with Gasteiger partial charge in [-0.15, -0.1) is 11.3 Å². The van der Waals surface area contributed by atoms with Crippen LogP contribution in [0.25, 0.3) is 10.1 Å². The highest BCUT2D eigenvalue weighted by atomic mass is 32.1. The van der Waals surface area contributed by atoms with E-state index in [2.05, 4.69) is 10.6 Å². The molecule has 1 fully saturated rings. The van der Waals surface area contributed by atoms with E-state index in [0.29, 0.717) is 55.3 Å². The smallest absolute Gasteiger partial charge is 0.262 e. The van der Waals surface area contributed by atoms with Gasteiger partial charge in [-0.05, 0) is 60.7 Å². The van der Waals surface area contributed by atoms with Crippen molar-refractivity contribution in [2.24, 2.45) is 11.5 Å². The molecule has 1 heterocycles. The van der Waals surface area contributed by atoms with Gasteiger partial charge >= 0.3 is 0 Å². The molecule has 0 aliphatic heterocycles. The summed E-state index contributed by atoms with van der Waals surface area (Å²) in [5.41, 5.74) is 20.5. The third kappa shape index (κ3) is 4.61. The van der Waals surface area contributed by atoms with Gasteiger partial charge in [-0.25, -0.2) is 0 Å². The maximum Gasteiger partial charge on any atom is 0.262 e. The molecule has 4 aromatic rings. The molecule has 3 aromatic carbocycles. The van der Waals surface area contributed by atoms with Crippen LogP contribution in [0.15, 0.2) is 66.7 Å². The summed E-state index contributed by atoms with van der Waals surface area (Å²) in [6.07, 6.45) is 2.80. The van der Waals surface area contributed by atoms with Crippen LogP contribution in [0.2, 0.25) is 0 Å². The molecular formula is C32H33N5O4S. The first-order valence-corrected chi connectivity index (χ1v) is 14.9. The number of amides is 2. The fourth-order valence-electron chi connectivity index (χ4n) is 6.11. The predicted molar refractivity (Wildman–Crippen MR) is 163 cm³/mol. The number of nitrogens with two attached hydrogens (primary N) is 3. The minimum Gasteiger partial charge on any atom is -0.457 e. The van der Waals surface area contributed by atoms with E-state index in [9.17, 15) is 14.4 Å². The molecule has 0 spiro atoms. The maximum atomic E-state index is 14.0. The van der Waals surface area contributed by atoms with Crippen LogP contribution in [-0.4, -0.2) is 29.7 Å². The number of carbonyl (C=O) groups is 3. The summed E-state index contributed by atoms with van der Waals surface area (Å²) >= 11 is 1.21. The normalized spacial score (nSPS) is 23.1. The fraction of sp³-hybridized carbons (Fsp3) is 0.281. The van der Waals surface area contributed by atoms with Gasteiger partial charge in [0.1, 0.15) is 17.0 Å². The summed E-state index contributed by atoms with van der Waals surface area (Å²) < 4.78 is 6.58. The molecule has 4 atom stereocenters. The zero-order valence-electron chi connectivity index (χ0n) is 23.2. The molecule has 0 radical (unpaired) electrons. The lowest BCUT2D eigenvalue weighted by Gasteiger charge is -2.36. The molecule has 2 unspecified atom stereocenters. The fourth-order valence-corrected chi connectivity index (χ4v) is 7.31. The van der Waals surface area contributed by atoms with E-state index in [1.807, 2.05) is 30.3 Å². The van der Waals surface area contributed by atoms with Crippen LogP contribution < -0.4 is 32.6 Å². The molecular weight excluding hydrogens is 550 g/mol. The second kappa shape index (κ2) is 10.9. The zero-order valence-corrected chi connectivity index (χ0v) is 24.0. The van der Waals surface area contributed by atoms with Crippen molar-refractivity contribution >= 4 is 44.7 Å². The number of ether oxygens (including phenoxy) is 1. The van der Waals surface area contributed by atoms with Crippen LogP contribution in [0.3, 0.4) is 0 Å². The summed E-state index contributed by atoms with van der Waals surface area (Å²) in [4.78, 5) is 40.1. The Morgan fingerprint density at radius 3 is 2.33 bits per heavy atom. The van der Waals surface area contributed by atoms with Crippen molar-refractivity contribution in [1.82, 2.24) is 10.6 Å². The van der Waals surface area contributed by atoms with Crippen molar-refractivity contribution in [1.29, 1.82) is 0 Å². The van der Waals surface area contributed by atoms with Crippen LogP contribution in [0.4, 0.5) is 5.69 Å². The Bertz CT molecular complexity index is 1690. The first kappa shape index (κ1) is 27.9. The van der Waals surface area contributed by atoms with Gasteiger partial charge in [-0.3, -0.25) is 14.4 Å². The van der Waals surface area contributed by atoms with Gasteiger partial charge in [0.25, 0.3) is 5.91 Å². The number of benzene rings is 3. The van der Waals surface area contributed by atoms with E-state index >= 15 is 0 Å². The Hall–Kier alpha value is -4.25. The topological polar surface area (TPSA) is 163 Å². The Morgan fingerprint density at radius 2 is 1.64 bits per heavy atom. The lowest BCUT2D eigenvalue weighted by molar-refractivity contribution is -0.124. The number of thiophene rings is 1. The molecule has 0 saturated heterocycles. The monoisotopic (exact) mass is 583 g/mol. The van der Waals surface area contributed by atoms with E-state index in [1.165, 1.54) is 11.3 Å². The van der Waals surface area contributed by atoms with Gasteiger partial charge in [-0.2, -0.15) is 0 Å². The third-order valence-electron chi connectivity index (χ3n) is 8.31.